The van der Waals surface area contributed by atoms with Gasteiger partial charge in [0.1, 0.15) is 0 Å². The van der Waals surface area contributed by atoms with Crippen LogP contribution in [0.15, 0.2) is 54.8 Å². The first-order valence-electron chi connectivity index (χ1n) is 6.52. The van der Waals surface area contributed by atoms with Crippen LogP contribution in [0.1, 0.15) is 24.0 Å². The van der Waals surface area contributed by atoms with Crippen molar-refractivity contribution in [3.8, 4) is 11.5 Å². The summed E-state index contributed by atoms with van der Waals surface area (Å²) in [6, 6.07) is 13.9. The Balaban J connectivity index is 2.03. The summed E-state index contributed by atoms with van der Waals surface area (Å²) in [7, 11) is 0. The Bertz CT molecular complexity index is 647. The molecule has 0 aliphatic heterocycles. The molecule has 0 aliphatic rings. The zero-order chi connectivity index (χ0) is 15.2. The van der Waals surface area contributed by atoms with Crippen LogP contribution in [0.3, 0.4) is 0 Å². The number of esters is 1. The zero-order valence-corrected chi connectivity index (χ0v) is 11.6. The molecular weight excluding hydrogens is 268 g/mol. The highest BCUT2D eigenvalue weighted by molar-refractivity contribution is 5.80. The molecule has 21 heavy (non-hydrogen) atoms. The number of hydrogen-bond donors (Lipinski definition) is 2. The number of hydrogen-bond acceptors (Lipinski definition) is 4. The summed E-state index contributed by atoms with van der Waals surface area (Å²) < 4.78 is 5.04. The van der Waals surface area contributed by atoms with Crippen molar-refractivity contribution >= 4 is 12.0 Å². The first-order chi connectivity index (χ1) is 10.1. The molecule has 2 aromatic rings. The van der Waals surface area contributed by atoms with E-state index < -0.39 is 11.9 Å². The zero-order valence-electron chi connectivity index (χ0n) is 11.6. The van der Waals surface area contributed by atoms with E-state index in [1.807, 2.05) is 30.3 Å². The van der Waals surface area contributed by atoms with Crippen LogP contribution in [0.25, 0.3) is 6.08 Å². The lowest BCUT2D eigenvalue weighted by Crippen LogP contribution is -2.10. The molecule has 2 rings (SSSR count). The molecule has 2 N–H and O–H groups in total. The van der Waals surface area contributed by atoms with Crippen molar-refractivity contribution in [2.45, 2.75) is 12.8 Å². The number of ether oxygens (including phenoxy) is 1. The molecule has 108 valence electrons. The minimum Gasteiger partial charge on any atom is -0.504 e. The molecule has 0 aliphatic carbocycles. The highest BCUT2D eigenvalue weighted by atomic mass is 16.5. The van der Waals surface area contributed by atoms with E-state index in [2.05, 4.69) is 0 Å². The number of rotatable bonds is 4. The van der Waals surface area contributed by atoms with Gasteiger partial charge in [-0.05, 0) is 24.6 Å². The Morgan fingerprint density at radius 1 is 1.10 bits per heavy atom. The number of aromatic hydroxyl groups is 2. The van der Waals surface area contributed by atoms with Gasteiger partial charge in [-0.1, -0.05) is 42.5 Å². The van der Waals surface area contributed by atoms with Gasteiger partial charge < -0.3 is 14.9 Å². The molecule has 4 heteroatoms. The summed E-state index contributed by atoms with van der Waals surface area (Å²) >= 11 is 0. The third-order valence-electron chi connectivity index (χ3n) is 3.11. The van der Waals surface area contributed by atoms with Gasteiger partial charge in [-0.2, -0.15) is 0 Å². The van der Waals surface area contributed by atoms with Crippen molar-refractivity contribution in [1.29, 1.82) is 0 Å². The van der Waals surface area contributed by atoms with Crippen molar-refractivity contribution in [2.75, 3.05) is 0 Å². The molecule has 1 unspecified atom stereocenters. The van der Waals surface area contributed by atoms with Crippen LogP contribution in [0.5, 0.6) is 11.5 Å². The Kier molecular flexibility index (Phi) is 4.61. The lowest BCUT2D eigenvalue weighted by atomic mass is 10.00. The first-order valence-corrected chi connectivity index (χ1v) is 6.52. The van der Waals surface area contributed by atoms with Crippen LogP contribution in [0.4, 0.5) is 0 Å². The fraction of sp³-hybridized carbons (Fsp3) is 0.118. The van der Waals surface area contributed by atoms with Crippen LogP contribution in [-0.2, 0) is 9.53 Å². The van der Waals surface area contributed by atoms with E-state index in [-0.39, 0.29) is 11.5 Å². The van der Waals surface area contributed by atoms with E-state index in [4.69, 9.17) is 4.74 Å². The van der Waals surface area contributed by atoms with Crippen LogP contribution in [-0.4, -0.2) is 16.2 Å². The second-order valence-corrected chi connectivity index (χ2v) is 4.59. The van der Waals surface area contributed by atoms with Gasteiger partial charge in [0.25, 0.3) is 0 Å². The number of carbonyl (C=O) groups excluding carboxylic acids is 1. The average Bonchev–Trinajstić information content (AvgIpc) is 2.50. The first kappa shape index (κ1) is 14.7. The summed E-state index contributed by atoms with van der Waals surface area (Å²) in [5, 5.41) is 19.2. The lowest BCUT2D eigenvalue weighted by Gasteiger charge is -2.11. The van der Waals surface area contributed by atoms with Crippen molar-refractivity contribution < 1.29 is 19.7 Å². The monoisotopic (exact) mass is 284 g/mol. The Hall–Kier alpha value is -2.75. The second-order valence-electron chi connectivity index (χ2n) is 4.59. The Morgan fingerprint density at radius 2 is 1.81 bits per heavy atom. The minimum absolute atomic E-state index is 0.257. The van der Waals surface area contributed by atoms with E-state index in [1.54, 1.807) is 25.1 Å². The second kappa shape index (κ2) is 6.61. The molecule has 0 saturated heterocycles. The molecule has 4 nitrogen and oxygen atoms in total. The van der Waals surface area contributed by atoms with Gasteiger partial charge in [0.05, 0.1) is 12.2 Å². The fourth-order valence-corrected chi connectivity index (χ4v) is 1.87. The summed E-state index contributed by atoms with van der Waals surface area (Å²) in [6.45, 7) is 1.60. The minimum atomic E-state index is -0.683. The standard InChI is InChI=1S/C17H16O4/c1-12(14-8-5-9-15(18)16(14)19)17(20)21-11-10-13-6-3-2-4-7-13/h2-12,18-19H,1H3. The van der Waals surface area contributed by atoms with Gasteiger partial charge in [-0.15, -0.1) is 0 Å². The number of phenolic OH excluding ortho intramolecular Hbond substituents is 2. The normalized spacial score (nSPS) is 12.2. The fourth-order valence-electron chi connectivity index (χ4n) is 1.87. The topological polar surface area (TPSA) is 66.8 Å². The predicted octanol–water partition coefficient (Wildman–Crippen LogP) is 3.42. The van der Waals surface area contributed by atoms with Crippen molar-refractivity contribution in [3.05, 3.63) is 65.9 Å². The van der Waals surface area contributed by atoms with Crippen LogP contribution in [0, 0.1) is 0 Å². The van der Waals surface area contributed by atoms with Gasteiger partial charge in [-0.25, -0.2) is 0 Å². The quantitative estimate of drug-likeness (QED) is 0.513. The molecule has 0 aromatic heterocycles. The summed E-state index contributed by atoms with van der Waals surface area (Å²) in [5.74, 6) is -1.75. The maximum atomic E-state index is 11.9. The number of benzene rings is 2. The smallest absolute Gasteiger partial charge is 0.318 e. The predicted molar refractivity (Wildman–Crippen MR) is 79.8 cm³/mol. The van der Waals surface area contributed by atoms with E-state index in [9.17, 15) is 15.0 Å². The number of para-hydroxylation sites is 1. The maximum absolute atomic E-state index is 11.9. The lowest BCUT2D eigenvalue weighted by molar-refractivity contribution is -0.139. The van der Waals surface area contributed by atoms with Gasteiger partial charge in [0, 0.05) is 5.56 Å². The molecule has 0 saturated carbocycles. The molecular formula is C17H16O4. The highest BCUT2D eigenvalue weighted by Crippen LogP contribution is 2.33. The van der Waals surface area contributed by atoms with Gasteiger partial charge in [0.2, 0.25) is 0 Å². The highest BCUT2D eigenvalue weighted by Gasteiger charge is 2.20. The average molecular weight is 284 g/mol. The molecule has 0 bridgehead atoms. The third-order valence-corrected chi connectivity index (χ3v) is 3.11. The van der Waals surface area contributed by atoms with E-state index >= 15 is 0 Å². The van der Waals surface area contributed by atoms with Gasteiger partial charge >= 0.3 is 5.97 Å². The van der Waals surface area contributed by atoms with E-state index in [1.165, 1.54) is 12.3 Å². The molecule has 0 amide bonds. The molecule has 0 fully saturated rings. The number of phenols is 2. The maximum Gasteiger partial charge on any atom is 0.318 e. The van der Waals surface area contributed by atoms with E-state index in [0.29, 0.717) is 5.56 Å². The summed E-state index contributed by atoms with van der Waals surface area (Å²) in [5.41, 5.74) is 1.24. The third kappa shape index (κ3) is 3.63. The van der Waals surface area contributed by atoms with Crippen molar-refractivity contribution in [2.24, 2.45) is 0 Å². The van der Waals surface area contributed by atoms with Crippen LogP contribution in [0.2, 0.25) is 0 Å². The molecule has 0 heterocycles. The van der Waals surface area contributed by atoms with Crippen LogP contribution < -0.4 is 0 Å². The molecule has 2 aromatic carbocycles. The summed E-state index contributed by atoms with van der Waals surface area (Å²) in [6.07, 6.45) is 2.99. The van der Waals surface area contributed by atoms with E-state index in [0.717, 1.165) is 5.56 Å². The Morgan fingerprint density at radius 3 is 2.52 bits per heavy atom. The SMILES string of the molecule is CC(C(=O)OC=Cc1ccccc1)c1cccc(O)c1O. The van der Waals surface area contributed by atoms with Gasteiger partial charge in [-0.3, -0.25) is 4.79 Å². The molecule has 0 spiro atoms. The van der Waals surface area contributed by atoms with Crippen LogP contribution >= 0.6 is 0 Å². The molecule has 1 atom stereocenters. The molecule has 0 radical (unpaired) electrons. The van der Waals surface area contributed by atoms with Crippen molar-refractivity contribution in [1.82, 2.24) is 0 Å². The number of carbonyl (C=O) groups is 1. The summed E-state index contributed by atoms with van der Waals surface area (Å²) in [4.78, 5) is 11.9. The largest absolute Gasteiger partial charge is 0.504 e. The van der Waals surface area contributed by atoms with Gasteiger partial charge in [0.15, 0.2) is 11.5 Å². The Labute approximate surface area is 122 Å². The van der Waals surface area contributed by atoms with Crippen molar-refractivity contribution in [3.63, 3.8) is 0 Å².